The molecule has 0 amide bonds. The monoisotopic (exact) mass is 256 g/mol. The molecule has 1 saturated carbocycles. The largest absolute Gasteiger partial charge is 0.394 e. The molecule has 0 aromatic carbocycles. The number of hydrogen-bond acceptors (Lipinski definition) is 3. The standard InChI is InChI=1S/C15H32N2O/c1-12-8-6-7-9-14(12)17(5)13(2)10-15(3,11-18)16-4/h12-14,16,18H,6-11H2,1-5H3. The molecule has 0 aromatic rings. The molecular weight excluding hydrogens is 224 g/mol. The average molecular weight is 256 g/mol. The number of nitrogens with one attached hydrogen (secondary N) is 1. The van der Waals surface area contributed by atoms with Gasteiger partial charge in [0.05, 0.1) is 6.61 Å². The van der Waals surface area contributed by atoms with E-state index >= 15 is 0 Å². The summed E-state index contributed by atoms with van der Waals surface area (Å²) in [6.45, 7) is 6.96. The number of likely N-dealkylation sites (N-methyl/N-ethyl adjacent to an activating group) is 1. The molecule has 0 aliphatic heterocycles. The van der Waals surface area contributed by atoms with Crippen molar-refractivity contribution in [3.8, 4) is 0 Å². The van der Waals surface area contributed by atoms with Crippen molar-refractivity contribution in [2.45, 2.75) is 70.5 Å². The minimum Gasteiger partial charge on any atom is -0.394 e. The highest BCUT2D eigenvalue weighted by Crippen LogP contribution is 2.29. The van der Waals surface area contributed by atoms with Crippen LogP contribution in [-0.4, -0.2) is 48.3 Å². The molecule has 3 heteroatoms. The topological polar surface area (TPSA) is 35.5 Å². The summed E-state index contributed by atoms with van der Waals surface area (Å²) in [6, 6.07) is 1.22. The zero-order chi connectivity index (χ0) is 13.8. The molecule has 0 radical (unpaired) electrons. The van der Waals surface area contributed by atoms with Gasteiger partial charge in [0.1, 0.15) is 0 Å². The van der Waals surface area contributed by atoms with Crippen LogP contribution in [0.3, 0.4) is 0 Å². The number of nitrogens with zero attached hydrogens (tertiary/aromatic N) is 1. The smallest absolute Gasteiger partial charge is 0.0611 e. The Bertz CT molecular complexity index is 241. The fraction of sp³-hybridized carbons (Fsp3) is 1.00. The maximum absolute atomic E-state index is 9.50. The van der Waals surface area contributed by atoms with Gasteiger partial charge in [0, 0.05) is 17.6 Å². The molecule has 4 unspecified atom stereocenters. The first kappa shape index (κ1) is 15.9. The lowest BCUT2D eigenvalue weighted by Gasteiger charge is -2.42. The van der Waals surface area contributed by atoms with E-state index in [2.05, 4.69) is 38.0 Å². The molecule has 2 N–H and O–H groups in total. The molecule has 18 heavy (non-hydrogen) atoms. The first-order valence-corrected chi connectivity index (χ1v) is 7.45. The third kappa shape index (κ3) is 3.94. The minimum atomic E-state index is -0.161. The molecule has 3 nitrogen and oxygen atoms in total. The molecule has 0 saturated heterocycles. The number of aliphatic hydroxyl groups excluding tert-OH is 1. The predicted molar refractivity (Wildman–Crippen MR) is 77.8 cm³/mol. The van der Waals surface area contributed by atoms with Gasteiger partial charge in [0.15, 0.2) is 0 Å². The summed E-state index contributed by atoms with van der Waals surface area (Å²) in [6.07, 6.45) is 6.45. The van der Waals surface area contributed by atoms with E-state index in [-0.39, 0.29) is 12.1 Å². The van der Waals surface area contributed by atoms with Crippen LogP contribution in [0.1, 0.15) is 52.9 Å². The van der Waals surface area contributed by atoms with E-state index in [9.17, 15) is 5.11 Å². The Labute approximate surface area is 113 Å². The minimum absolute atomic E-state index is 0.161. The maximum Gasteiger partial charge on any atom is 0.0611 e. The molecular formula is C15H32N2O. The van der Waals surface area contributed by atoms with Gasteiger partial charge in [0.25, 0.3) is 0 Å². The Morgan fingerprint density at radius 2 is 2.00 bits per heavy atom. The molecule has 1 fully saturated rings. The summed E-state index contributed by atoms with van der Waals surface area (Å²) in [5.74, 6) is 0.807. The summed E-state index contributed by atoms with van der Waals surface area (Å²) in [5.41, 5.74) is -0.161. The zero-order valence-electron chi connectivity index (χ0n) is 12.9. The van der Waals surface area contributed by atoms with Gasteiger partial charge in [-0.1, -0.05) is 19.8 Å². The predicted octanol–water partition coefficient (Wildman–Crippen LogP) is 2.25. The summed E-state index contributed by atoms with van der Waals surface area (Å²) in [4.78, 5) is 2.54. The van der Waals surface area contributed by atoms with Gasteiger partial charge in [-0.25, -0.2) is 0 Å². The summed E-state index contributed by atoms with van der Waals surface area (Å²) in [5, 5.41) is 12.7. The highest BCUT2D eigenvalue weighted by molar-refractivity contribution is 4.88. The van der Waals surface area contributed by atoms with Crippen molar-refractivity contribution in [2.24, 2.45) is 5.92 Å². The lowest BCUT2D eigenvalue weighted by molar-refractivity contribution is 0.0719. The Balaban J connectivity index is 2.57. The van der Waals surface area contributed by atoms with Crippen molar-refractivity contribution in [1.29, 1.82) is 0 Å². The quantitative estimate of drug-likeness (QED) is 0.765. The van der Waals surface area contributed by atoms with Gasteiger partial charge >= 0.3 is 0 Å². The molecule has 1 aliphatic carbocycles. The highest BCUT2D eigenvalue weighted by atomic mass is 16.3. The van der Waals surface area contributed by atoms with Crippen molar-refractivity contribution in [1.82, 2.24) is 10.2 Å². The van der Waals surface area contributed by atoms with E-state index in [0.717, 1.165) is 12.3 Å². The van der Waals surface area contributed by atoms with Gasteiger partial charge in [-0.3, -0.25) is 0 Å². The second-order valence-electron chi connectivity index (χ2n) is 6.52. The van der Waals surface area contributed by atoms with E-state index in [4.69, 9.17) is 0 Å². The van der Waals surface area contributed by atoms with Crippen LogP contribution >= 0.6 is 0 Å². The number of hydrogen-bond donors (Lipinski definition) is 2. The van der Waals surface area contributed by atoms with Gasteiger partial charge in [-0.2, -0.15) is 0 Å². The first-order valence-electron chi connectivity index (χ1n) is 7.45. The van der Waals surface area contributed by atoms with E-state index in [1.54, 1.807) is 0 Å². The Hall–Kier alpha value is -0.120. The Morgan fingerprint density at radius 3 is 2.50 bits per heavy atom. The van der Waals surface area contributed by atoms with Crippen LogP contribution in [0.5, 0.6) is 0 Å². The van der Waals surface area contributed by atoms with Gasteiger partial charge in [0.2, 0.25) is 0 Å². The molecule has 4 atom stereocenters. The SMILES string of the molecule is CNC(C)(CO)CC(C)N(C)C1CCCCC1C. The van der Waals surface area contributed by atoms with Crippen LogP contribution in [-0.2, 0) is 0 Å². The van der Waals surface area contributed by atoms with Gasteiger partial charge < -0.3 is 15.3 Å². The molecule has 0 spiro atoms. The zero-order valence-corrected chi connectivity index (χ0v) is 12.9. The Morgan fingerprint density at radius 1 is 1.39 bits per heavy atom. The molecule has 0 heterocycles. The fourth-order valence-electron chi connectivity index (χ4n) is 3.27. The molecule has 108 valence electrons. The third-order valence-electron chi connectivity index (χ3n) is 4.98. The second-order valence-corrected chi connectivity index (χ2v) is 6.52. The highest BCUT2D eigenvalue weighted by Gasteiger charge is 2.31. The van der Waals surface area contributed by atoms with Crippen LogP contribution < -0.4 is 5.32 Å². The third-order valence-corrected chi connectivity index (χ3v) is 4.98. The van der Waals surface area contributed by atoms with Crippen molar-refractivity contribution in [3.05, 3.63) is 0 Å². The summed E-state index contributed by atoms with van der Waals surface area (Å²) in [7, 11) is 4.19. The molecule has 1 aliphatic rings. The fourth-order valence-corrected chi connectivity index (χ4v) is 3.27. The van der Waals surface area contributed by atoms with Crippen LogP contribution in [0, 0.1) is 5.92 Å². The van der Waals surface area contributed by atoms with E-state index in [0.29, 0.717) is 12.1 Å². The van der Waals surface area contributed by atoms with Crippen molar-refractivity contribution >= 4 is 0 Å². The van der Waals surface area contributed by atoms with Crippen molar-refractivity contribution in [2.75, 3.05) is 20.7 Å². The van der Waals surface area contributed by atoms with E-state index < -0.39 is 0 Å². The van der Waals surface area contributed by atoms with Crippen LogP contribution in [0.2, 0.25) is 0 Å². The normalized spacial score (nSPS) is 30.2. The lowest BCUT2D eigenvalue weighted by atomic mass is 9.83. The number of rotatable bonds is 6. The summed E-state index contributed by atoms with van der Waals surface area (Å²) < 4.78 is 0. The molecule has 0 bridgehead atoms. The van der Waals surface area contributed by atoms with Crippen LogP contribution in [0.25, 0.3) is 0 Å². The van der Waals surface area contributed by atoms with Crippen molar-refractivity contribution < 1.29 is 5.11 Å². The van der Waals surface area contributed by atoms with Gasteiger partial charge in [-0.15, -0.1) is 0 Å². The van der Waals surface area contributed by atoms with Crippen LogP contribution in [0.4, 0.5) is 0 Å². The average Bonchev–Trinajstić information content (AvgIpc) is 2.38. The van der Waals surface area contributed by atoms with E-state index in [1.165, 1.54) is 25.7 Å². The second kappa shape index (κ2) is 6.88. The molecule has 1 rings (SSSR count). The maximum atomic E-state index is 9.50. The van der Waals surface area contributed by atoms with Crippen molar-refractivity contribution in [3.63, 3.8) is 0 Å². The summed E-state index contributed by atoms with van der Waals surface area (Å²) >= 11 is 0. The lowest BCUT2D eigenvalue weighted by Crippen LogP contribution is -2.51. The van der Waals surface area contributed by atoms with E-state index in [1.807, 2.05) is 7.05 Å². The Kier molecular flexibility index (Phi) is 6.09. The molecule has 0 aromatic heterocycles. The first-order chi connectivity index (χ1) is 8.43. The van der Waals surface area contributed by atoms with Crippen LogP contribution in [0.15, 0.2) is 0 Å². The van der Waals surface area contributed by atoms with Gasteiger partial charge in [-0.05, 0) is 53.1 Å². The number of aliphatic hydroxyl groups is 1.